The Kier molecular flexibility index (Phi) is 0.811. The molecule has 0 amide bonds. The second-order valence-corrected chi connectivity index (χ2v) is 2.00. The van der Waals surface area contributed by atoms with Gasteiger partial charge in [-0.2, -0.15) is 0 Å². The Bertz CT molecular complexity index is 293. The van der Waals surface area contributed by atoms with Crippen LogP contribution in [0, 0.1) is 0 Å². The number of allylic oxidation sites excluding steroid dienone is 3. The van der Waals surface area contributed by atoms with Crippen LogP contribution in [0.25, 0.3) is 0 Å². The molecule has 1 heterocycles. The first-order valence-electron chi connectivity index (χ1n) is 2.90. The van der Waals surface area contributed by atoms with Crippen LogP contribution in [0.1, 0.15) is 6.42 Å². The highest BCUT2D eigenvalue weighted by Gasteiger charge is 2.05. The molecule has 0 aromatic carbocycles. The molecule has 2 rings (SSSR count). The summed E-state index contributed by atoms with van der Waals surface area (Å²) >= 11 is 0. The van der Waals surface area contributed by atoms with Gasteiger partial charge < -0.3 is 0 Å². The predicted molar refractivity (Wildman–Crippen MR) is 36.3 cm³/mol. The first-order chi connectivity index (χ1) is 4.47. The Morgan fingerprint density at radius 3 is 3.11 bits per heavy atom. The van der Waals surface area contributed by atoms with Gasteiger partial charge in [-0.1, -0.05) is 11.5 Å². The minimum Gasteiger partial charge on any atom is -0.260 e. The first kappa shape index (κ1) is 4.58. The van der Waals surface area contributed by atoms with Crippen molar-refractivity contribution in [2.45, 2.75) is 6.42 Å². The van der Waals surface area contributed by atoms with Gasteiger partial charge in [0.1, 0.15) is 0 Å². The fourth-order valence-electron chi connectivity index (χ4n) is 0.931. The van der Waals surface area contributed by atoms with Crippen LogP contribution < -0.4 is 0 Å². The van der Waals surface area contributed by atoms with Gasteiger partial charge >= 0.3 is 0 Å². The molecule has 1 aliphatic heterocycles. The van der Waals surface area contributed by atoms with Crippen LogP contribution in [0.3, 0.4) is 0 Å². The molecule has 42 valence electrons. The third-order valence-electron chi connectivity index (χ3n) is 1.41. The van der Waals surface area contributed by atoms with E-state index in [1.165, 1.54) is 5.57 Å². The summed E-state index contributed by atoms with van der Waals surface area (Å²) in [6.45, 7) is 0. The van der Waals surface area contributed by atoms with Crippen LogP contribution in [-0.2, 0) is 0 Å². The van der Waals surface area contributed by atoms with E-state index in [1.807, 2.05) is 18.4 Å². The minimum absolute atomic E-state index is 0.959. The van der Waals surface area contributed by atoms with E-state index in [-0.39, 0.29) is 0 Å². The van der Waals surface area contributed by atoms with Crippen molar-refractivity contribution in [3.8, 4) is 0 Å². The van der Waals surface area contributed by atoms with Crippen LogP contribution in [0.15, 0.2) is 39.9 Å². The Morgan fingerprint density at radius 1 is 1.33 bits per heavy atom. The molecule has 2 aliphatic rings. The van der Waals surface area contributed by atoms with Crippen LogP contribution in [-0.4, -0.2) is 6.21 Å². The van der Waals surface area contributed by atoms with Gasteiger partial charge in [-0.25, -0.2) is 0 Å². The standard InChI is InChI=1S/C8H5N/c1-2-4-8-7(3-1)5-6-9-8/h3-4,6H,5H2. The number of hydrogen-bond donors (Lipinski definition) is 0. The quantitative estimate of drug-likeness (QED) is 0.425. The fraction of sp³-hybridized carbons (Fsp3) is 0.125. The lowest BCUT2D eigenvalue weighted by atomic mass is 10.1. The molecule has 0 unspecified atom stereocenters. The topological polar surface area (TPSA) is 12.4 Å². The third kappa shape index (κ3) is 0.603. The molecule has 0 spiro atoms. The molecule has 0 atom stereocenters. The zero-order valence-electron chi connectivity index (χ0n) is 4.89. The van der Waals surface area contributed by atoms with E-state index < -0.39 is 0 Å². The molecule has 1 nitrogen and oxygen atoms in total. The summed E-state index contributed by atoms with van der Waals surface area (Å²) in [5.41, 5.74) is 8.05. The molecule has 0 fully saturated rings. The van der Waals surface area contributed by atoms with Crippen LogP contribution in [0.5, 0.6) is 0 Å². The molecule has 0 bridgehead atoms. The average Bonchev–Trinajstić information content (AvgIpc) is 2.33. The molecule has 0 saturated heterocycles. The van der Waals surface area contributed by atoms with Gasteiger partial charge in [-0.15, -0.1) is 0 Å². The lowest BCUT2D eigenvalue weighted by Gasteiger charge is -1.91. The second-order valence-electron chi connectivity index (χ2n) is 2.00. The zero-order chi connectivity index (χ0) is 6.10. The lowest BCUT2D eigenvalue weighted by molar-refractivity contribution is 1.35. The Morgan fingerprint density at radius 2 is 2.22 bits per heavy atom. The molecule has 9 heavy (non-hydrogen) atoms. The van der Waals surface area contributed by atoms with E-state index in [0.717, 1.165) is 12.1 Å². The van der Waals surface area contributed by atoms with Crippen molar-refractivity contribution in [1.82, 2.24) is 0 Å². The monoisotopic (exact) mass is 115 g/mol. The van der Waals surface area contributed by atoms with Gasteiger partial charge in [0.25, 0.3) is 0 Å². The van der Waals surface area contributed by atoms with Crippen molar-refractivity contribution < 1.29 is 0 Å². The Hall–Kier alpha value is -1.29. The largest absolute Gasteiger partial charge is 0.260 e. The number of aliphatic imine (C=N–C) groups is 1. The van der Waals surface area contributed by atoms with Crippen molar-refractivity contribution in [3.05, 3.63) is 34.9 Å². The van der Waals surface area contributed by atoms with Crippen molar-refractivity contribution in [2.75, 3.05) is 0 Å². The summed E-state index contributed by atoms with van der Waals surface area (Å²) in [4.78, 5) is 4.12. The van der Waals surface area contributed by atoms with E-state index in [1.54, 1.807) is 0 Å². The Balaban J connectivity index is 2.56. The number of nitrogens with zero attached hydrogens (tertiary/aromatic N) is 1. The molecule has 0 saturated carbocycles. The maximum atomic E-state index is 4.12. The number of rotatable bonds is 0. The van der Waals surface area contributed by atoms with E-state index in [9.17, 15) is 0 Å². The van der Waals surface area contributed by atoms with Crippen LogP contribution in [0.2, 0.25) is 0 Å². The molecule has 0 aromatic rings. The molecular formula is C8H5N. The summed E-state index contributed by atoms with van der Waals surface area (Å²) < 4.78 is 0. The molecular weight excluding hydrogens is 110 g/mol. The lowest BCUT2D eigenvalue weighted by Crippen LogP contribution is -1.76. The summed E-state index contributed by atoms with van der Waals surface area (Å²) in [6.07, 6.45) is 6.66. The van der Waals surface area contributed by atoms with Gasteiger partial charge in [-0.05, 0) is 11.6 Å². The summed E-state index contributed by atoms with van der Waals surface area (Å²) in [5.74, 6) is 0. The minimum atomic E-state index is 0.959. The van der Waals surface area contributed by atoms with Crippen molar-refractivity contribution in [3.63, 3.8) is 0 Å². The highest BCUT2D eigenvalue weighted by molar-refractivity contribution is 5.70. The van der Waals surface area contributed by atoms with Gasteiger partial charge in [0.2, 0.25) is 0 Å². The van der Waals surface area contributed by atoms with Gasteiger partial charge in [0.15, 0.2) is 0 Å². The average molecular weight is 115 g/mol. The Labute approximate surface area is 53.4 Å². The molecule has 0 aromatic heterocycles. The molecule has 1 heteroatoms. The molecule has 1 aliphatic carbocycles. The number of hydrogen-bond acceptors (Lipinski definition) is 1. The SMILES string of the molecule is C1=C=CC2=C(C=1)CC=N2. The smallest absolute Gasteiger partial charge is 0.0751 e. The van der Waals surface area contributed by atoms with Gasteiger partial charge in [0, 0.05) is 18.7 Å². The van der Waals surface area contributed by atoms with E-state index in [0.29, 0.717) is 0 Å². The van der Waals surface area contributed by atoms with Crippen molar-refractivity contribution in [2.24, 2.45) is 4.99 Å². The van der Waals surface area contributed by atoms with Crippen molar-refractivity contribution in [1.29, 1.82) is 0 Å². The van der Waals surface area contributed by atoms with E-state index in [2.05, 4.69) is 16.5 Å². The van der Waals surface area contributed by atoms with Gasteiger partial charge in [0.05, 0.1) is 5.70 Å². The van der Waals surface area contributed by atoms with E-state index in [4.69, 9.17) is 0 Å². The summed E-state index contributed by atoms with van der Waals surface area (Å²) in [6, 6.07) is 0. The van der Waals surface area contributed by atoms with Crippen LogP contribution >= 0.6 is 0 Å². The fourth-order valence-corrected chi connectivity index (χ4v) is 0.931. The predicted octanol–water partition coefficient (Wildman–Crippen LogP) is 1.59. The molecule has 0 N–H and O–H groups in total. The second kappa shape index (κ2) is 1.60. The summed E-state index contributed by atoms with van der Waals surface area (Å²) in [7, 11) is 0. The molecule has 0 radical (unpaired) electrons. The van der Waals surface area contributed by atoms with Gasteiger partial charge in [-0.3, -0.25) is 4.99 Å². The zero-order valence-corrected chi connectivity index (χ0v) is 4.89. The van der Waals surface area contributed by atoms with E-state index >= 15 is 0 Å². The van der Waals surface area contributed by atoms with Crippen LogP contribution in [0.4, 0.5) is 0 Å². The first-order valence-corrected chi connectivity index (χ1v) is 2.90. The highest BCUT2D eigenvalue weighted by Crippen LogP contribution is 2.18. The summed E-state index contributed by atoms with van der Waals surface area (Å²) in [5, 5.41) is 0. The maximum Gasteiger partial charge on any atom is 0.0751 e. The van der Waals surface area contributed by atoms with Crippen molar-refractivity contribution >= 4 is 6.21 Å². The highest BCUT2D eigenvalue weighted by atomic mass is 14.7. The normalized spacial score (nSPS) is 19.6. The maximum absolute atomic E-state index is 4.12. The third-order valence-corrected chi connectivity index (χ3v) is 1.41.